The summed E-state index contributed by atoms with van der Waals surface area (Å²) in [4.78, 5) is 11.3. The minimum atomic E-state index is -0.350. The molecule has 0 spiro atoms. The molecule has 13 heavy (non-hydrogen) atoms. The van der Waals surface area contributed by atoms with Crippen molar-refractivity contribution in [2.24, 2.45) is 7.05 Å². The monoisotopic (exact) mass is 246 g/mol. The van der Waals surface area contributed by atoms with E-state index < -0.39 is 0 Å². The quantitative estimate of drug-likeness (QED) is 0.744. The zero-order valence-corrected chi connectivity index (χ0v) is 9.38. The third kappa shape index (κ3) is 1.75. The van der Waals surface area contributed by atoms with E-state index in [1.54, 1.807) is 11.7 Å². The highest BCUT2D eigenvalue weighted by Crippen LogP contribution is 2.20. The number of hydrogen-bond donors (Lipinski definition) is 0. The van der Waals surface area contributed by atoms with Crippen LogP contribution in [0.25, 0.3) is 0 Å². The van der Waals surface area contributed by atoms with E-state index in [0.717, 1.165) is 5.69 Å². The van der Waals surface area contributed by atoms with E-state index in [-0.39, 0.29) is 5.97 Å². The van der Waals surface area contributed by atoms with E-state index in [1.807, 2.05) is 6.92 Å². The summed E-state index contributed by atoms with van der Waals surface area (Å²) in [5.41, 5.74) is 1.27. The van der Waals surface area contributed by atoms with Crippen LogP contribution in [0, 0.1) is 0 Å². The average molecular weight is 247 g/mol. The van der Waals surface area contributed by atoms with Crippen molar-refractivity contribution in [2.45, 2.75) is 13.3 Å². The largest absolute Gasteiger partial charge is 0.465 e. The van der Waals surface area contributed by atoms with E-state index in [2.05, 4.69) is 25.8 Å². The summed E-state index contributed by atoms with van der Waals surface area (Å²) < 4.78 is 6.93. The van der Waals surface area contributed by atoms with E-state index >= 15 is 0 Å². The molecule has 0 radical (unpaired) electrons. The lowest BCUT2D eigenvalue weighted by molar-refractivity contribution is 0.0598. The van der Waals surface area contributed by atoms with Gasteiger partial charge in [-0.1, -0.05) is 6.92 Å². The molecule has 1 aromatic rings. The predicted octanol–water partition coefficient (Wildman–Crippen LogP) is 1.53. The minimum Gasteiger partial charge on any atom is -0.465 e. The molecule has 5 heteroatoms. The van der Waals surface area contributed by atoms with Gasteiger partial charge in [-0.2, -0.15) is 5.10 Å². The highest BCUT2D eigenvalue weighted by molar-refractivity contribution is 9.10. The van der Waals surface area contributed by atoms with Crippen LogP contribution in [0.2, 0.25) is 0 Å². The lowest BCUT2D eigenvalue weighted by atomic mass is 10.2. The molecule has 0 amide bonds. The maximum Gasteiger partial charge on any atom is 0.342 e. The van der Waals surface area contributed by atoms with Gasteiger partial charge in [-0.3, -0.25) is 4.68 Å². The lowest BCUT2D eigenvalue weighted by Gasteiger charge is -1.97. The summed E-state index contributed by atoms with van der Waals surface area (Å²) in [6.07, 6.45) is 0.712. The van der Waals surface area contributed by atoms with Gasteiger partial charge in [0, 0.05) is 7.05 Å². The van der Waals surface area contributed by atoms with Gasteiger partial charge in [0.05, 0.1) is 12.8 Å². The summed E-state index contributed by atoms with van der Waals surface area (Å²) in [6.45, 7) is 1.95. The Morgan fingerprint density at radius 1 is 1.69 bits per heavy atom. The maximum absolute atomic E-state index is 11.3. The Labute approximate surface area is 85.0 Å². The number of methoxy groups -OCH3 is 1. The highest BCUT2D eigenvalue weighted by atomic mass is 79.9. The number of aromatic nitrogens is 2. The molecule has 0 fully saturated rings. The van der Waals surface area contributed by atoms with Crippen molar-refractivity contribution < 1.29 is 9.53 Å². The normalized spacial score (nSPS) is 10.2. The standard InChI is InChI=1S/C8H11BrN2O2/c1-4-5-6(8(12)13-3)7(9)11(2)10-5/h4H2,1-3H3. The number of aryl methyl sites for hydroxylation is 2. The van der Waals surface area contributed by atoms with Gasteiger partial charge in [-0.05, 0) is 22.4 Å². The fraction of sp³-hybridized carbons (Fsp3) is 0.500. The van der Waals surface area contributed by atoms with E-state index in [0.29, 0.717) is 16.6 Å². The Bertz CT molecular complexity index is 333. The number of carbonyl (C=O) groups is 1. The van der Waals surface area contributed by atoms with Crippen molar-refractivity contribution in [1.82, 2.24) is 9.78 Å². The first-order chi connectivity index (χ1) is 6.11. The van der Waals surface area contributed by atoms with E-state index in [4.69, 9.17) is 0 Å². The molecule has 72 valence electrons. The number of nitrogens with zero attached hydrogens (tertiary/aromatic N) is 2. The molecule has 0 aliphatic heterocycles. The molecular weight excluding hydrogens is 236 g/mol. The summed E-state index contributed by atoms with van der Waals surface area (Å²) in [7, 11) is 3.14. The number of halogens is 1. The van der Waals surface area contributed by atoms with Crippen molar-refractivity contribution in [3.8, 4) is 0 Å². The Hall–Kier alpha value is -0.840. The van der Waals surface area contributed by atoms with Crippen LogP contribution in [0.1, 0.15) is 23.0 Å². The van der Waals surface area contributed by atoms with Crippen LogP contribution in [-0.2, 0) is 18.2 Å². The molecule has 0 unspecified atom stereocenters. The van der Waals surface area contributed by atoms with Crippen molar-refractivity contribution in [1.29, 1.82) is 0 Å². The second kappa shape index (κ2) is 3.91. The number of esters is 1. The molecule has 1 heterocycles. The molecular formula is C8H11BrN2O2. The van der Waals surface area contributed by atoms with Gasteiger partial charge in [0.2, 0.25) is 0 Å². The van der Waals surface area contributed by atoms with Crippen molar-refractivity contribution >= 4 is 21.9 Å². The SMILES string of the molecule is CCc1nn(C)c(Br)c1C(=O)OC. The summed E-state index contributed by atoms with van der Waals surface area (Å²) in [5.74, 6) is -0.350. The molecule has 0 aliphatic rings. The molecule has 1 aromatic heterocycles. The number of carbonyl (C=O) groups excluding carboxylic acids is 1. The highest BCUT2D eigenvalue weighted by Gasteiger charge is 2.20. The van der Waals surface area contributed by atoms with Crippen molar-refractivity contribution in [2.75, 3.05) is 7.11 Å². The predicted molar refractivity (Wildman–Crippen MR) is 51.6 cm³/mol. The van der Waals surface area contributed by atoms with Crippen LogP contribution in [0.15, 0.2) is 4.60 Å². The van der Waals surface area contributed by atoms with Crippen LogP contribution in [0.3, 0.4) is 0 Å². The van der Waals surface area contributed by atoms with Crippen LogP contribution < -0.4 is 0 Å². The number of ether oxygens (including phenoxy) is 1. The molecule has 4 nitrogen and oxygen atoms in total. The molecule has 1 rings (SSSR count). The Morgan fingerprint density at radius 2 is 2.31 bits per heavy atom. The molecule has 0 bridgehead atoms. The van der Waals surface area contributed by atoms with Crippen molar-refractivity contribution in [3.63, 3.8) is 0 Å². The number of hydrogen-bond acceptors (Lipinski definition) is 3. The first-order valence-corrected chi connectivity index (χ1v) is 4.70. The molecule has 0 atom stereocenters. The van der Waals surface area contributed by atoms with Gasteiger partial charge in [0.25, 0.3) is 0 Å². The zero-order chi connectivity index (χ0) is 10.0. The zero-order valence-electron chi connectivity index (χ0n) is 7.80. The lowest BCUT2D eigenvalue weighted by Crippen LogP contribution is -2.04. The third-order valence-electron chi connectivity index (χ3n) is 1.77. The van der Waals surface area contributed by atoms with Crippen LogP contribution in [0.5, 0.6) is 0 Å². The van der Waals surface area contributed by atoms with Crippen LogP contribution in [0.4, 0.5) is 0 Å². The van der Waals surface area contributed by atoms with Crippen LogP contribution in [-0.4, -0.2) is 22.9 Å². The topological polar surface area (TPSA) is 44.1 Å². The Balaban J connectivity index is 3.23. The molecule has 0 N–H and O–H groups in total. The maximum atomic E-state index is 11.3. The Morgan fingerprint density at radius 3 is 2.77 bits per heavy atom. The summed E-state index contributed by atoms with van der Waals surface area (Å²) >= 11 is 3.28. The molecule has 0 saturated heterocycles. The van der Waals surface area contributed by atoms with Gasteiger partial charge >= 0.3 is 5.97 Å². The fourth-order valence-electron chi connectivity index (χ4n) is 1.11. The average Bonchev–Trinajstić information content (AvgIpc) is 2.42. The first-order valence-electron chi connectivity index (χ1n) is 3.91. The van der Waals surface area contributed by atoms with E-state index in [9.17, 15) is 4.79 Å². The minimum absolute atomic E-state index is 0.350. The molecule has 0 aromatic carbocycles. The second-order valence-corrected chi connectivity index (χ2v) is 3.33. The summed E-state index contributed by atoms with van der Waals surface area (Å²) in [5, 5.41) is 4.17. The van der Waals surface area contributed by atoms with Crippen LogP contribution >= 0.6 is 15.9 Å². The fourth-order valence-corrected chi connectivity index (χ4v) is 1.58. The van der Waals surface area contributed by atoms with Gasteiger partial charge in [-0.25, -0.2) is 4.79 Å². The third-order valence-corrected chi connectivity index (χ3v) is 2.68. The molecule has 0 saturated carbocycles. The Kier molecular flexibility index (Phi) is 3.08. The summed E-state index contributed by atoms with van der Waals surface area (Å²) in [6, 6.07) is 0. The van der Waals surface area contributed by atoms with Gasteiger partial charge < -0.3 is 4.74 Å². The molecule has 0 aliphatic carbocycles. The van der Waals surface area contributed by atoms with Crippen molar-refractivity contribution in [3.05, 3.63) is 15.9 Å². The number of rotatable bonds is 2. The first kappa shape index (κ1) is 10.2. The second-order valence-electron chi connectivity index (χ2n) is 2.58. The smallest absolute Gasteiger partial charge is 0.342 e. The van der Waals surface area contributed by atoms with Gasteiger partial charge in [0.1, 0.15) is 10.2 Å². The van der Waals surface area contributed by atoms with Gasteiger partial charge in [-0.15, -0.1) is 0 Å². The van der Waals surface area contributed by atoms with E-state index in [1.165, 1.54) is 7.11 Å². The van der Waals surface area contributed by atoms with Gasteiger partial charge in [0.15, 0.2) is 0 Å².